The molecule has 102 valence electrons. The van der Waals surface area contributed by atoms with Crippen molar-refractivity contribution in [2.24, 2.45) is 0 Å². The Balaban J connectivity index is 2.10. The highest BCUT2D eigenvalue weighted by atomic mass is 35.5. The van der Waals surface area contributed by atoms with E-state index in [-0.39, 0.29) is 0 Å². The molecule has 0 aliphatic carbocycles. The van der Waals surface area contributed by atoms with Crippen LogP contribution in [0, 0.1) is 11.5 Å². The molecule has 0 aromatic heterocycles. The Bertz CT molecular complexity index is 645. The van der Waals surface area contributed by atoms with Crippen molar-refractivity contribution >= 4 is 19.7 Å². The lowest BCUT2D eigenvalue weighted by atomic mass is 10.2. The standard InChI is InChI=1S/C17H17ClOSi/c1-20(2,3)12-11-14-7-9-16(10-8-14)19-17-6-4-5-15(18)13-17/h4-10,13H,1-3H3. The van der Waals surface area contributed by atoms with Crippen molar-refractivity contribution in [1.29, 1.82) is 0 Å². The first-order valence-corrected chi connectivity index (χ1v) is 10.4. The van der Waals surface area contributed by atoms with Crippen LogP contribution < -0.4 is 4.74 Å². The Labute approximate surface area is 126 Å². The van der Waals surface area contributed by atoms with Crippen LogP contribution in [0.4, 0.5) is 0 Å². The zero-order valence-corrected chi connectivity index (χ0v) is 13.7. The molecule has 2 aromatic rings. The largest absolute Gasteiger partial charge is 0.457 e. The summed E-state index contributed by atoms with van der Waals surface area (Å²) in [5, 5.41) is 0.667. The van der Waals surface area contributed by atoms with Gasteiger partial charge in [-0.3, -0.25) is 0 Å². The minimum Gasteiger partial charge on any atom is -0.457 e. The fourth-order valence-corrected chi connectivity index (χ4v) is 2.23. The molecule has 2 aromatic carbocycles. The minimum atomic E-state index is -1.33. The van der Waals surface area contributed by atoms with Gasteiger partial charge in [-0.2, -0.15) is 0 Å². The molecule has 0 amide bonds. The lowest BCUT2D eigenvalue weighted by Gasteiger charge is -2.06. The van der Waals surface area contributed by atoms with E-state index >= 15 is 0 Å². The molecule has 2 rings (SSSR count). The number of hydrogen-bond acceptors (Lipinski definition) is 1. The van der Waals surface area contributed by atoms with Gasteiger partial charge in [-0.05, 0) is 42.5 Å². The maximum Gasteiger partial charge on any atom is 0.129 e. The van der Waals surface area contributed by atoms with E-state index in [0.29, 0.717) is 5.02 Å². The van der Waals surface area contributed by atoms with E-state index in [1.54, 1.807) is 6.07 Å². The summed E-state index contributed by atoms with van der Waals surface area (Å²) in [6, 6.07) is 15.2. The summed E-state index contributed by atoms with van der Waals surface area (Å²) in [5.74, 6) is 4.74. The van der Waals surface area contributed by atoms with Gasteiger partial charge in [0.05, 0.1) is 0 Å². The zero-order valence-electron chi connectivity index (χ0n) is 11.9. The SMILES string of the molecule is C[Si](C)(C)C#Cc1ccc(Oc2cccc(Cl)c2)cc1. The molecular formula is C17H17ClOSi. The summed E-state index contributed by atoms with van der Waals surface area (Å²) in [7, 11) is -1.33. The molecule has 3 heteroatoms. The number of ether oxygens (including phenoxy) is 1. The smallest absolute Gasteiger partial charge is 0.129 e. The molecule has 0 saturated heterocycles. The van der Waals surface area contributed by atoms with Crippen LogP contribution in [0.2, 0.25) is 24.7 Å². The Kier molecular flexibility index (Phi) is 4.54. The van der Waals surface area contributed by atoms with Gasteiger partial charge in [-0.1, -0.05) is 43.2 Å². The maximum atomic E-state index is 5.93. The Hall–Kier alpha value is -1.69. The highest BCUT2D eigenvalue weighted by molar-refractivity contribution is 6.83. The quantitative estimate of drug-likeness (QED) is 0.536. The number of benzene rings is 2. The summed E-state index contributed by atoms with van der Waals surface area (Å²) in [6.45, 7) is 6.70. The van der Waals surface area contributed by atoms with E-state index in [0.717, 1.165) is 17.1 Å². The van der Waals surface area contributed by atoms with Crippen molar-refractivity contribution in [3.8, 4) is 23.0 Å². The molecule has 0 heterocycles. The first kappa shape index (κ1) is 14.7. The number of hydrogen-bond donors (Lipinski definition) is 0. The summed E-state index contributed by atoms with van der Waals surface area (Å²) < 4.78 is 5.74. The van der Waals surface area contributed by atoms with Gasteiger partial charge in [-0.15, -0.1) is 5.54 Å². The molecular weight excluding hydrogens is 284 g/mol. The molecule has 0 spiro atoms. The second-order valence-electron chi connectivity index (χ2n) is 5.58. The Morgan fingerprint density at radius 1 is 0.950 bits per heavy atom. The van der Waals surface area contributed by atoms with Crippen LogP contribution in [-0.4, -0.2) is 8.07 Å². The van der Waals surface area contributed by atoms with Gasteiger partial charge >= 0.3 is 0 Å². The highest BCUT2D eigenvalue weighted by Crippen LogP contribution is 2.24. The van der Waals surface area contributed by atoms with Crippen LogP contribution in [0.5, 0.6) is 11.5 Å². The maximum absolute atomic E-state index is 5.93. The summed E-state index contributed by atoms with van der Waals surface area (Å²) in [5.41, 5.74) is 4.36. The van der Waals surface area contributed by atoms with Gasteiger partial charge in [-0.25, -0.2) is 0 Å². The molecule has 20 heavy (non-hydrogen) atoms. The summed E-state index contributed by atoms with van der Waals surface area (Å²) in [6.07, 6.45) is 0. The fourth-order valence-electron chi connectivity index (χ4n) is 1.53. The normalized spacial score (nSPS) is 10.6. The van der Waals surface area contributed by atoms with Crippen LogP contribution in [0.1, 0.15) is 5.56 Å². The van der Waals surface area contributed by atoms with E-state index in [2.05, 4.69) is 31.1 Å². The Morgan fingerprint density at radius 3 is 2.25 bits per heavy atom. The van der Waals surface area contributed by atoms with Gasteiger partial charge in [0, 0.05) is 10.6 Å². The molecule has 1 nitrogen and oxygen atoms in total. The predicted molar refractivity (Wildman–Crippen MR) is 88.2 cm³/mol. The van der Waals surface area contributed by atoms with Crippen LogP contribution in [0.15, 0.2) is 48.5 Å². The van der Waals surface area contributed by atoms with Crippen molar-refractivity contribution < 1.29 is 4.74 Å². The van der Waals surface area contributed by atoms with Crippen LogP contribution in [-0.2, 0) is 0 Å². The molecule has 0 bridgehead atoms. The number of rotatable bonds is 2. The average Bonchev–Trinajstić information content (AvgIpc) is 2.37. The molecule has 0 aliphatic rings. The van der Waals surface area contributed by atoms with Gasteiger partial charge in [0.15, 0.2) is 0 Å². The second kappa shape index (κ2) is 6.17. The highest BCUT2D eigenvalue weighted by Gasteiger charge is 2.07. The predicted octanol–water partition coefficient (Wildman–Crippen LogP) is 5.36. The van der Waals surface area contributed by atoms with Crippen molar-refractivity contribution in [2.75, 3.05) is 0 Å². The topological polar surface area (TPSA) is 9.23 Å². The first-order valence-electron chi connectivity index (χ1n) is 6.49. The molecule has 0 N–H and O–H groups in total. The molecule has 0 aliphatic heterocycles. The Morgan fingerprint density at radius 2 is 1.65 bits per heavy atom. The molecule has 0 fully saturated rings. The third-order valence-electron chi connectivity index (χ3n) is 2.47. The van der Waals surface area contributed by atoms with Gasteiger partial charge in [0.1, 0.15) is 19.6 Å². The van der Waals surface area contributed by atoms with Crippen molar-refractivity contribution in [3.63, 3.8) is 0 Å². The summed E-state index contributed by atoms with van der Waals surface area (Å²) in [4.78, 5) is 0. The molecule has 0 unspecified atom stereocenters. The monoisotopic (exact) mass is 300 g/mol. The fraction of sp³-hybridized carbons (Fsp3) is 0.176. The van der Waals surface area contributed by atoms with Crippen molar-refractivity contribution in [3.05, 3.63) is 59.1 Å². The second-order valence-corrected chi connectivity index (χ2v) is 10.8. The number of halogens is 1. The van der Waals surface area contributed by atoms with Crippen molar-refractivity contribution in [1.82, 2.24) is 0 Å². The van der Waals surface area contributed by atoms with E-state index in [1.165, 1.54) is 0 Å². The average molecular weight is 301 g/mol. The summed E-state index contributed by atoms with van der Waals surface area (Å²) >= 11 is 5.93. The lowest BCUT2D eigenvalue weighted by Crippen LogP contribution is -2.16. The van der Waals surface area contributed by atoms with Crippen LogP contribution in [0.3, 0.4) is 0 Å². The van der Waals surface area contributed by atoms with Crippen LogP contribution in [0.25, 0.3) is 0 Å². The van der Waals surface area contributed by atoms with Gasteiger partial charge in [0.25, 0.3) is 0 Å². The third-order valence-corrected chi connectivity index (χ3v) is 3.58. The van der Waals surface area contributed by atoms with Gasteiger partial charge < -0.3 is 4.74 Å². The minimum absolute atomic E-state index is 0.667. The van der Waals surface area contributed by atoms with Crippen molar-refractivity contribution in [2.45, 2.75) is 19.6 Å². The van der Waals surface area contributed by atoms with E-state index in [1.807, 2.05) is 42.5 Å². The molecule has 0 radical (unpaired) electrons. The first-order chi connectivity index (χ1) is 9.42. The van der Waals surface area contributed by atoms with E-state index in [9.17, 15) is 0 Å². The zero-order chi connectivity index (χ0) is 14.6. The lowest BCUT2D eigenvalue weighted by molar-refractivity contribution is 0.482. The third kappa shape index (κ3) is 4.77. The van der Waals surface area contributed by atoms with E-state index in [4.69, 9.17) is 16.3 Å². The van der Waals surface area contributed by atoms with E-state index < -0.39 is 8.07 Å². The van der Waals surface area contributed by atoms with Gasteiger partial charge in [0.2, 0.25) is 0 Å². The molecule has 0 atom stereocenters. The van der Waals surface area contributed by atoms with Crippen LogP contribution >= 0.6 is 11.6 Å². The molecule has 0 saturated carbocycles.